The van der Waals surface area contributed by atoms with E-state index in [4.69, 9.17) is 5.26 Å². The molecule has 48 valence electrons. The maximum atomic E-state index is 9.77. The van der Waals surface area contributed by atoms with Crippen molar-refractivity contribution in [2.24, 2.45) is 0 Å². The van der Waals surface area contributed by atoms with Crippen molar-refractivity contribution in [2.75, 3.05) is 0 Å². The van der Waals surface area contributed by atoms with Crippen molar-refractivity contribution in [3.8, 4) is 0 Å². The minimum Gasteiger partial charge on any atom is -0.547 e. The fourth-order valence-electron chi connectivity index (χ4n) is 0.284. The second-order valence-electron chi connectivity index (χ2n) is 1.32. The number of carbonyl (C=O) groups is 1. The number of hydrogen-bond donors (Lipinski definition) is 1. The predicted molar refractivity (Wildman–Crippen MR) is 22.8 cm³/mol. The molecule has 0 saturated heterocycles. The van der Waals surface area contributed by atoms with E-state index in [0.717, 1.165) is 0 Å². The summed E-state index contributed by atoms with van der Waals surface area (Å²) in [6.07, 6.45) is -0.978. The summed E-state index contributed by atoms with van der Waals surface area (Å²) < 4.78 is 0. The van der Waals surface area contributed by atoms with E-state index in [9.17, 15) is 9.90 Å². The van der Waals surface area contributed by atoms with Crippen molar-refractivity contribution in [3.05, 3.63) is 0 Å². The summed E-state index contributed by atoms with van der Waals surface area (Å²) in [5, 5.41) is 17.5. The molecule has 0 aliphatic carbocycles. The van der Waals surface area contributed by atoms with Gasteiger partial charge in [-0.25, -0.2) is 4.89 Å². The molecule has 0 aromatic rings. The number of hydrogen-bond acceptors (Lipinski definition) is 4. The molecule has 1 unspecified atom stereocenters. The molecule has 0 aliphatic heterocycles. The number of carboxylic acids is 1. The van der Waals surface area contributed by atoms with E-state index in [-0.39, 0.29) is 6.42 Å². The van der Waals surface area contributed by atoms with E-state index in [1.54, 1.807) is 6.92 Å². The lowest BCUT2D eigenvalue weighted by molar-refractivity contribution is -0.347. The Morgan fingerprint density at radius 3 is 2.50 bits per heavy atom. The predicted octanol–water partition coefficient (Wildman–Crippen LogP) is -0.996. The van der Waals surface area contributed by atoms with Gasteiger partial charge < -0.3 is 9.90 Å². The highest BCUT2D eigenvalue weighted by Crippen LogP contribution is 1.91. The van der Waals surface area contributed by atoms with Crippen molar-refractivity contribution >= 4 is 5.97 Å². The Labute approximate surface area is 46.6 Å². The third kappa shape index (κ3) is 1.90. The number of carbonyl (C=O) groups excluding carboxylic acids is 1. The average Bonchev–Trinajstić information content (AvgIpc) is 1.69. The van der Waals surface area contributed by atoms with Crippen LogP contribution < -0.4 is 5.11 Å². The zero-order valence-corrected chi connectivity index (χ0v) is 4.46. The molecule has 0 bridgehead atoms. The lowest BCUT2D eigenvalue weighted by Gasteiger charge is -2.09. The van der Waals surface area contributed by atoms with Crippen LogP contribution >= 0.6 is 0 Å². The molecule has 1 N–H and O–H groups in total. The summed E-state index contributed by atoms with van der Waals surface area (Å²) in [7, 11) is 0. The minimum atomic E-state index is -1.39. The summed E-state index contributed by atoms with van der Waals surface area (Å²) >= 11 is 0. The monoisotopic (exact) mass is 119 g/mol. The van der Waals surface area contributed by atoms with Crippen LogP contribution in [0.5, 0.6) is 0 Å². The maximum absolute atomic E-state index is 9.77. The summed E-state index contributed by atoms with van der Waals surface area (Å²) in [5.41, 5.74) is 0. The molecule has 4 heteroatoms. The molecule has 0 radical (unpaired) electrons. The van der Waals surface area contributed by atoms with Crippen LogP contribution in [0.1, 0.15) is 13.3 Å². The first-order valence-corrected chi connectivity index (χ1v) is 2.23. The molecule has 0 aromatic carbocycles. The van der Waals surface area contributed by atoms with Crippen LogP contribution in [0, 0.1) is 0 Å². The van der Waals surface area contributed by atoms with Crippen molar-refractivity contribution in [1.29, 1.82) is 0 Å². The highest BCUT2D eigenvalue weighted by atomic mass is 17.1. The number of rotatable bonds is 3. The third-order valence-electron chi connectivity index (χ3n) is 0.761. The van der Waals surface area contributed by atoms with Crippen molar-refractivity contribution < 1.29 is 20.0 Å². The smallest absolute Gasteiger partial charge is 0.132 e. The summed E-state index contributed by atoms with van der Waals surface area (Å²) in [6.45, 7) is 1.57. The summed E-state index contributed by atoms with van der Waals surface area (Å²) in [4.78, 5) is 13.3. The van der Waals surface area contributed by atoms with Gasteiger partial charge in [0.15, 0.2) is 0 Å². The van der Waals surface area contributed by atoms with Crippen LogP contribution in [0.15, 0.2) is 0 Å². The molecular formula is C4H7O4-. The molecular weight excluding hydrogens is 112 g/mol. The molecule has 0 amide bonds. The van der Waals surface area contributed by atoms with Gasteiger partial charge in [-0.05, 0) is 6.42 Å². The van der Waals surface area contributed by atoms with Gasteiger partial charge in [-0.1, -0.05) is 6.92 Å². The van der Waals surface area contributed by atoms with Crippen molar-refractivity contribution in [1.82, 2.24) is 0 Å². The fourth-order valence-corrected chi connectivity index (χ4v) is 0.284. The fraction of sp³-hybridized carbons (Fsp3) is 0.750. The largest absolute Gasteiger partial charge is 0.547 e. The van der Waals surface area contributed by atoms with Crippen LogP contribution in [-0.4, -0.2) is 17.3 Å². The summed E-state index contributed by atoms with van der Waals surface area (Å²) in [6, 6.07) is 0. The molecule has 0 rings (SSSR count). The van der Waals surface area contributed by atoms with Gasteiger partial charge in [-0.3, -0.25) is 5.26 Å². The zero-order chi connectivity index (χ0) is 6.57. The Hall–Kier alpha value is -0.610. The molecule has 0 aliphatic rings. The maximum Gasteiger partial charge on any atom is 0.132 e. The first kappa shape index (κ1) is 7.39. The SMILES string of the molecule is CCC(OO)C(=O)[O-]. The molecule has 0 fully saturated rings. The Morgan fingerprint density at radius 1 is 2.00 bits per heavy atom. The van der Waals surface area contributed by atoms with E-state index in [1.807, 2.05) is 0 Å². The Kier molecular flexibility index (Phi) is 3.14. The topological polar surface area (TPSA) is 69.6 Å². The lowest BCUT2D eigenvalue weighted by Crippen LogP contribution is -2.36. The minimum absolute atomic E-state index is 0.207. The van der Waals surface area contributed by atoms with Gasteiger partial charge in [0.1, 0.15) is 6.10 Å². The Bertz CT molecular complexity index is 76.1. The Balaban J connectivity index is 3.52. The highest BCUT2D eigenvalue weighted by Gasteiger charge is 2.04. The van der Waals surface area contributed by atoms with Crippen LogP contribution in [0.3, 0.4) is 0 Å². The first-order chi connectivity index (χ1) is 3.72. The van der Waals surface area contributed by atoms with E-state index in [0.29, 0.717) is 0 Å². The second kappa shape index (κ2) is 3.40. The van der Waals surface area contributed by atoms with Crippen molar-refractivity contribution in [3.63, 3.8) is 0 Å². The standard InChI is InChI=1S/C4H8O4/c1-2-3(8-7)4(5)6/h3,7H,2H2,1H3,(H,5,6)/p-1. The second-order valence-corrected chi connectivity index (χ2v) is 1.32. The molecule has 0 spiro atoms. The van der Waals surface area contributed by atoms with Gasteiger partial charge in [0.05, 0.1) is 5.97 Å². The number of carboxylic acid groups (broad SMARTS) is 1. The van der Waals surface area contributed by atoms with Crippen LogP contribution in [0.2, 0.25) is 0 Å². The zero-order valence-electron chi connectivity index (χ0n) is 4.46. The molecule has 1 atom stereocenters. The number of aliphatic carboxylic acids is 1. The summed E-state index contributed by atoms with van der Waals surface area (Å²) in [5.74, 6) is -1.39. The van der Waals surface area contributed by atoms with Crippen LogP contribution in [0.25, 0.3) is 0 Å². The van der Waals surface area contributed by atoms with E-state index >= 15 is 0 Å². The molecule has 0 heterocycles. The third-order valence-corrected chi connectivity index (χ3v) is 0.761. The molecule has 0 aromatic heterocycles. The van der Waals surface area contributed by atoms with Crippen molar-refractivity contribution in [2.45, 2.75) is 19.4 Å². The van der Waals surface area contributed by atoms with Gasteiger partial charge >= 0.3 is 0 Å². The van der Waals surface area contributed by atoms with Crippen LogP contribution in [-0.2, 0) is 9.68 Å². The highest BCUT2D eigenvalue weighted by molar-refractivity contribution is 5.69. The lowest BCUT2D eigenvalue weighted by atomic mass is 10.3. The van der Waals surface area contributed by atoms with Gasteiger partial charge in [0.2, 0.25) is 0 Å². The normalized spacial score (nSPS) is 13.2. The van der Waals surface area contributed by atoms with Gasteiger partial charge in [-0.2, -0.15) is 0 Å². The quantitative estimate of drug-likeness (QED) is 0.382. The molecule has 4 nitrogen and oxygen atoms in total. The van der Waals surface area contributed by atoms with Gasteiger partial charge in [0.25, 0.3) is 0 Å². The van der Waals surface area contributed by atoms with Gasteiger partial charge in [0, 0.05) is 0 Å². The van der Waals surface area contributed by atoms with Crippen LogP contribution in [0.4, 0.5) is 0 Å². The average molecular weight is 119 g/mol. The van der Waals surface area contributed by atoms with Gasteiger partial charge in [-0.15, -0.1) is 0 Å². The molecule has 0 saturated carbocycles. The van der Waals surface area contributed by atoms with E-state index < -0.39 is 12.1 Å². The van der Waals surface area contributed by atoms with E-state index in [2.05, 4.69) is 4.89 Å². The Morgan fingerprint density at radius 2 is 2.50 bits per heavy atom. The van der Waals surface area contributed by atoms with E-state index in [1.165, 1.54) is 0 Å². The molecule has 8 heavy (non-hydrogen) atoms. The first-order valence-electron chi connectivity index (χ1n) is 2.23.